The van der Waals surface area contributed by atoms with Gasteiger partial charge in [-0.25, -0.2) is 4.79 Å². The molecule has 150 valence electrons. The summed E-state index contributed by atoms with van der Waals surface area (Å²) in [6, 6.07) is 13.0. The van der Waals surface area contributed by atoms with Crippen LogP contribution in [-0.4, -0.2) is 43.9 Å². The van der Waals surface area contributed by atoms with Crippen molar-refractivity contribution in [2.45, 2.75) is 12.8 Å². The van der Waals surface area contributed by atoms with E-state index in [0.29, 0.717) is 29.9 Å². The summed E-state index contributed by atoms with van der Waals surface area (Å²) in [6.45, 7) is 0.144. The van der Waals surface area contributed by atoms with E-state index in [-0.39, 0.29) is 17.4 Å². The van der Waals surface area contributed by atoms with E-state index in [2.05, 4.69) is 10.6 Å². The van der Waals surface area contributed by atoms with Crippen LogP contribution in [0.15, 0.2) is 48.5 Å². The smallest absolute Gasteiger partial charge is 0.338 e. The number of ether oxygens (including phenoxy) is 1. The highest BCUT2D eigenvalue weighted by molar-refractivity contribution is 5.99. The van der Waals surface area contributed by atoms with Gasteiger partial charge in [0.25, 0.3) is 11.8 Å². The molecule has 0 bridgehead atoms. The Morgan fingerprint density at radius 1 is 1.07 bits per heavy atom. The quantitative estimate of drug-likeness (QED) is 0.728. The zero-order valence-electron chi connectivity index (χ0n) is 15.9. The Kier molecular flexibility index (Phi) is 6.23. The maximum atomic E-state index is 12.3. The van der Waals surface area contributed by atoms with Crippen molar-refractivity contribution < 1.29 is 23.9 Å². The largest absolute Gasteiger partial charge is 0.452 e. The molecule has 1 fully saturated rings. The van der Waals surface area contributed by atoms with Crippen LogP contribution in [0.1, 0.15) is 33.6 Å². The van der Waals surface area contributed by atoms with E-state index in [1.54, 1.807) is 47.4 Å². The lowest BCUT2D eigenvalue weighted by Gasteiger charge is -2.16. The van der Waals surface area contributed by atoms with Crippen molar-refractivity contribution in [2.24, 2.45) is 0 Å². The van der Waals surface area contributed by atoms with Crippen molar-refractivity contribution in [3.05, 3.63) is 59.7 Å². The van der Waals surface area contributed by atoms with Gasteiger partial charge in [0.1, 0.15) is 0 Å². The van der Waals surface area contributed by atoms with Gasteiger partial charge in [-0.1, -0.05) is 12.1 Å². The summed E-state index contributed by atoms with van der Waals surface area (Å²) in [5.74, 6) is -1.44. The Balaban J connectivity index is 1.57. The number of amides is 3. The lowest BCUT2D eigenvalue weighted by molar-refractivity contribution is -0.119. The highest BCUT2D eigenvalue weighted by Gasteiger charge is 2.22. The molecule has 0 unspecified atom stereocenters. The van der Waals surface area contributed by atoms with Crippen molar-refractivity contribution in [3.8, 4) is 0 Å². The Morgan fingerprint density at radius 3 is 2.55 bits per heavy atom. The molecule has 0 atom stereocenters. The van der Waals surface area contributed by atoms with Crippen LogP contribution in [0.25, 0.3) is 0 Å². The molecule has 29 heavy (non-hydrogen) atoms. The maximum absolute atomic E-state index is 12.3. The Bertz CT molecular complexity index is 957. The molecule has 0 aliphatic carbocycles. The molecule has 1 aliphatic rings. The summed E-state index contributed by atoms with van der Waals surface area (Å²) in [6.07, 6.45) is 1.28. The first-order valence-electron chi connectivity index (χ1n) is 9.17. The number of carbonyl (C=O) groups is 4. The summed E-state index contributed by atoms with van der Waals surface area (Å²) in [4.78, 5) is 49.5. The molecule has 0 saturated carbocycles. The van der Waals surface area contributed by atoms with Crippen molar-refractivity contribution in [2.75, 3.05) is 30.4 Å². The molecular weight excluding hydrogens is 374 g/mol. The number of hydrogen-bond acceptors (Lipinski definition) is 5. The average Bonchev–Trinajstić information content (AvgIpc) is 3.17. The molecule has 2 aromatic rings. The van der Waals surface area contributed by atoms with Crippen LogP contribution < -0.4 is 15.5 Å². The first-order valence-corrected chi connectivity index (χ1v) is 9.17. The molecule has 0 radical (unpaired) electrons. The molecule has 8 nitrogen and oxygen atoms in total. The number of hydrogen-bond donors (Lipinski definition) is 2. The summed E-state index contributed by atoms with van der Waals surface area (Å²) in [5, 5.41) is 5.08. The zero-order valence-corrected chi connectivity index (χ0v) is 15.9. The van der Waals surface area contributed by atoms with E-state index >= 15 is 0 Å². The molecule has 3 rings (SSSR count). The van der Waals surface area contributed by atoms with Gasteiger partial charge in [-0.05, 0) is 42.8 Å². The fraction of sp³-hybridized carbons (Fsp3) is 0.238. The minimum Gasteiger partial charge on any atom is -0.452 e. The number of carbonyl (C=O) groups excluding carboxylic acids is 4. The lowest BCUT2D eigenvalue weighted by Crippen LogP contribution is -2.24. The van der Waals surface area contributed by atoms with Crippen LogP contribution in [-0.2, 0) is 14.3 Å². The molecule has 0 spiro atoms. The van der Waals surface area contributed by atoms with Gasteiger partial charge in [0.2, 0.25) is 5.91 Å². The second-order valence-electron chi connectivity index (χ2n) is 6.48. The van der Waals surface area contributed by atoms with E-state index in [4.69, 9.17) is 4.74 Å². The molecule has 3 amide bonds. The fourth-order valence-corrected chi connectivity index (χ4v) is 3.02. The highest BCUT2D eigenvalue weighted by atomic mass is 16.5. The van der Waals surface area contributed by atoms with Crippen molar-refractivity contribution in [1.29, 1.82) is 0 Å². The molecule has 1 aliphatic heterocycles. The van der Waals surface area contributed by atoms with Gasteiger partial charge in [0, 0.05) is 37.0 Å². The first-order chi connectivity index (χ1) is 14.0. The Morgan fingerprint density at radius 2 is 1.83 bits per heavy atom. The van der Waals surface area contributed by atoms with Crippen LogP contribution in [0.4, 0.5) is 11.4 Å². The second kappa shape index (κ2) is 9.01. The summed E-state index contributed by atoms with van der Waals surface area (Å²) in [5.41, 5.74) is 1.71. The van der Waals surface area contributed by atoms with Crippen molar-refractivity contribution in [1.82, 2.24) is 5.32 Å². The lowest BCUT2D eigenvalue weighted by atomic mass is 10.2. The Hall–Kier alpha value is -3.68. The zero-order chi connectivity index (χ0) is 20.8. The van der Waals surface area contributed by atoms with Gasteiger partial charge in [0.15, 0.2) is 6.61 Å². The van der Waals surface area contributed by atoms with E-state index in [1.807, 2.05) is 0 Å². The Labute approximate surface area is 167 Å². The second-order valence-corrected chi connectivity index (χ2v) is 6.48. The van der Waals surface area contributed by atoms with Crippen LogP contribution in [0.2, 0.25) is 0 Å². The molecular formula is C21H21N3O5. The van der Waals surface area contributed by atoms with E-state index in [9.17, 15) is 19.2 Å². The molecule has 1 saturated heterocycles. The first kappa shape index (κ1) is 20.1. The van der Waals surface area contributed by atoms with Gasteiger partial charge < -0.3 is 20.3 Å². The van der Waals surface area contributed by atoms with E-state index in [1.165, 1.54) is 13.1 Å². The molecule has 2 aromatic carbocycles. The third-order valence-corrected chi connectivity index (χ3v) is 4.44. The number of benzene rings is 2. The minimum absolute atomic E-state index is 0.0221. The van der Waals surface area contributed by atoms with Gasteiger partial charge in [-0.3, -0.25) is 14.4 Å². The van der Waals surface area contributed by atoms with Gasteiger partial charge in [-0.15, -0.1) is 0 Å². The molecule has 1 heterocycles. The standard InChI is InChI=1S/C21H21N3O5/c1-22-20(27)14-5-2-7-16(11-14)23-18(25)13-29-21(28)15-6-3-8-17(12-15)24-10-4-9-19(24)26/h2-3,5-8,11-12H,4,9-10,13H2,1H3,(H,22,27)(H,23,25). The number of nitrogens with zero attached hydrogens (tertiary/aromatic N) is 1. The van der Waals surface area contributed by atoms with Crippen LogP contribution in [0, 0.1) is 0 Å². The van der Waals surface area contributed by atoms with Crippen LogP contribution in [0.5, 0.6) is 0 Å². The van der Waals surface area contributed by atoms with E-state index < -0.39 is 18.5 Å². The topological polar surface area (TPSA) is 105 Å². The number of esters is 1. The highest BCUT2D eigenvalue weighted by Crippen LogP contribution is 2.22. The summed E-state index contributed by atoms with van der Waals surface area (Å²) >= 11 is 0. The van der Waals surface area contributed by atoms with E-state index in [0.717, 1.165) is 6.42 Å². The summed E-state index contributed by atoms with van der Waals surface area (Å²) in [7, 11) is 1.52. The van der Waals surface area contributed by atoms with Gasteiger partial charge >= 0.3 is 5.97 Å². The average molecular weight is 395 g/mol. The normalized spacial score (nSPS) is 13.1. The number of nitrogens with one attached hydrogen (secondary N) is 2. The number of rotatable bonds is 6. The minimum atomic E-state index is -0.659. The van der Waals surface area contributed by atoms with Gasteiger partial charge in [-0.2, -0.15) is 0 Å². The maximum Gasteiger partial charge on any atom is 0.338 e. The van der Waals surface area contributed by atoms with Crippen molar-refractivity contribution in [3.63, 3.8) is 0 Å². The summed E-state index contributed by atoms with van der Waals surface area (Å²) < 4.78 is 5.07. The fourth-order valence-electron chi connectivity index (χ4n) is 3.02. The van der Waals surface area contributed by atoms with Crippen LogP contribution >= 0.6 is 0 Å². The third-order valence-electron chi connectivity index (χ3n) is 4.44. The predicted octanol–water partition coefficient (Wildman–Crippen LogP) is 1.97. The van der Waals surface area contributed by atoms with Crippen molar-refractivity contribution >= 4 is 35.1 Å². The van der Waals surface area contributed by atoms with Crippen LogP contribution in [0.3, 0.4) is 0 Å². The third kappa shape index (κ3) is 4.98. The van der Waals surface area contributed by atoms with Gasteiger partial charge in [0.05, 0.1) is 5.56 Å². The molecule has 0 aromatic heterocycles. The molecule has 2 N–H and O–H groups in total. The number of anilines is 2. The molecule has 8 heteroatoms. The monoisotopic (exact) mass is 395 g/mol. The predicted molar refractivity (Wildman–Crippen MR) is 107 cm³/mol. The SMILES string of the molecule is CNC(=O)c1cccc(NC(=O)COC(=O)c2cccc(N3CCCC3=O)c2)c1.